The lowest BCUT2D eigenvalue weighted by molar-refractivity contribution is 0.353. The largest absolute Gasteiger partial charge is 0.288 e. The molecule has 0 saturated carbocycles. The summed E-state index contributed by atoms with van der Waals surface area (Å²) in [6.45, 7) is 1.85. The van der Waals surface area contributed by atoms with Crippen molar-refractivity contribution in [1.82, 2.24) is 0 Å². The van der Waals surface area contributed by atoms with Gasteiger partial charge in [-0.3, -0.25) is 5.11 Å². The molecule has 0 atom stereocenters. The summed E-state index contributed by atoms with van der Waals surface area (Å²) >= 11 is 0. The molecule has 0 spiro atoms. The Morgan fingerprint density at radius 1 is 1.50 bits per heavy atom. The van der Waals surface area contributed by atoms with Crippen LogP contribution in [-0.2, 0) is 5.11 Å². The van der Waals surface area contributed by atoms with E-state index in [-0.39, 0.29) is 11.3 Å². The van der Waals surface area contributed by atoms with Crippen molar-refractivity contribution in [2.45, 2.75) is 6.92 Å². The van der Waals surface area contributed by atoms with Gasteiger partial charge < -0.3 is 0 Å². The van der Waals surface area contributed by atoms with Crippen molar-refractivity contribution in [3.63, 3.8) is 0 Å². The molecule has 10 heavy (non-hydrogen) atoms. The Labute approximate surface area is 59.3 Å². The van der Waals surface area contributed by atoms with Crippen LogP contribution in [0.4, 0.5) is 0 Å². The van der Waals surface area contributed by atoms with Crippen molar-refractivity contribution in [2.24, 2.45) is 0 Å². The van der Waals surface area contributed by atoms with Gasteiger partial charge in [0.1, 0.15) is 6.07 Å². The van der Waals surface area contributed by atoms with E-state index in [9.17, 15) is 5.11 Å². The number of hydrogen-bond donors (Lipinski definition) is 0. The highest BCUT2D eigenvalue weighted by Gasteiger charge is 1.99. The van der Waals surface area contributed by atoms with Gasteiger partial charge in [-0.25, -0.2) is 0 Å². The standard InChI is InChI=1S/C8H6NO/c1-6-2-3-8(10)7(4-6)5-9/h2-4H,1H3. The first kappa shape index (κ1) is 6.63. The van der Waals surface area contributed by atoms with Gasteiger partial charge in [-0.2, -0.15) is 5.26 Å². The molecule has 1 rings (SSSR count). The van der Waals surface area contributed by atoms with Crippen LogP contribution in [0.3, 0.4) is 0 Å². The van der Waals surface area contributed by atoms with Gasteiger partial charge in [0.15, 0.2) is 5.75 Å². The summed E-state index contributed by atoms with van der Waals surface area (Å²) in [5, 5.41) is 19.2. The zero-order chi connectivity index (χ0) is 7.56. The van der Waals surface area contributed by atoms with E-state index in [2.05, 4.69) is 0 Å². The van der Waals surface area contributed by atoms with Gasteiger partial charge in [0.2, 0.25) is 0 Å². The lowest BCUT2D eigenvalue weighted by Crippen LogP contribution is -1.76. The number of nitriles is 1. The fraction of sp³-hybridized carbons (Fsp3) is 0.125. The molecule has 0 aromatic heterocycles. The van der Waals surface area contributed by atoms with Crippen molar-refractivity contribution < 1.29 is 5.11 Å². The zero-order valence-corrected chi connectivity index (χ0v) is 5.59. The monoisotopic (exact) mass is 132 g/mol. The van der Waals surface area contributed by atoms with Crippen molar-refractivity contribution in [3.05, 3.63) is 29.3 Å². The third kappa shape index (κ3) is 1.08. The number of rotatable bonds is 0. The van der Waals surface area contributed by atoms with Gasteiger partial charge in [-0.05, 0) is 24.6 Å². The molecule has 2 heteroatoms. The average Bonchev–Trinajstić information content (AvgIpc) is 1.94. The Morgan fingerprint density at radius 3 is 2.70 bits per heavy atom. The Bertz CT molecular complexity index is 286. The Morgan fingerprint density at radius 2 is 2.20 bits per heavy atom. The third-order valence-corrected chi connectivity index (χ3v) is 1.26. The highest BCUT2D eigenvalue weighted by molar-refractivity contribution is 5.43. The molecule has 1 aromatic rings. The van der Waals surface area contributed by atoms with Gasteiger partial charge in [-0.1, -0.05) is 6.07 Å². The topological polar surface area (TPSA) is 43.7 Å². The minimum absolute atomic E-state index is 0.201. The molecule has 0 N–H and O–H groups in total. The summed E-state index contributed by atoms with van der Waals surface area (Å²) in [6, 6.07) is 6.52. The fourth-order valence-electron chi connectivity index (χ4n) is 0.731. The van der Waals surface area contributed by atoms with Crippen LogP contribution >= 0.6 is 0 Å². The summed E-state index contributed by atoms with van der Waals surface area (Å²) in [5.41, 5.74) is 1.16. The number of nitrogens with zero attached hydrogens (tertiary/aromatic N) is 1. The molecule has 0 aliphatic carbocycles. The van der Waals surface area contributed by atoms with Gasteiger partial charge in [0.05, 0.1) is 5.56 Å². The van der Waals surface area contributed by atoms with Crippen LogP contribution in [-0.4, -0.2) is 0 Å². The van der Waals surface area contributed by atoms with Gasteiger partial charge >= 0.3 is 0 Å². The predicted molar refractivity (Wildman–Crippen MR) is 36.0 cm³/mol. The Balaban J connectivity index is 3.25. The predicted octanol–water partition coefficient (Wildman–Crippen LogP) is 2.01. The maximum absolute atomic E-state index is 10.8. The molecule has 0 heterocycles. The van der Waals surface area contributed by atoms with Crippen LogP contribution in [0, 0.1) is 18.3 Å². The van der Waals surface area contributed by atoms with Crippen molar-refractivity contribution in [1.29, 1.82) is 5.26 Å². The second-order valence-electron chi connectivity index (χ2n) is 2.11. The fourth-order valence-corrected chi connectivity index (χ4v) is 0.731. The molecular formula is C8H6NO. The van der Waals surface area contributed by atoms with E-state index in [1.54, 1.807) is 12.1 Å². The lowest BCUT2D eigenvalue weighted by atomic mass is 10.1. The highest BCUT2D eigenvalue weighted by Crippen LogP contribution is 2.16. The number of hydrogen-bond acceptors (Lipinski definition) is 1. The Kier molecular flexibility index (Phi) is 1.59. The molecule has 0 aliphatic heterocycles. The van der Waals surface area contributed by atoms with E-state index >= 15 is 0 Å². The minimum Gasteiger partial charge on any atom is -0.288 e. The van der Waals surface area contributed by atoms with E-state index in [0.29, 0.717) is 0 Å². The number of aryl methyl sites for hydroxylation is 1. The molecule has 49 valence electrons. The second kappa shape index (κ2) is 2.40. The van der Waals surface area contributed by atoms with Crippen LogP contribution in [0.15, 0.2) is 18.2 Å². The van der Waals surface area contributed by atoms with E-state index < -0.39 is 0 Å². The average molecular weight is 132 g/mol. The van der Waals surface area contributed by atoms with E-state index in [1.165, 1.54) is 6.07 Å². The van der Waals surface area contributed by atoms with Crippen LogP contribution in [0.25, 0.3) is 0 Å². The third-order valence-electron chi connectivity index (χ3n) is 1.26. The molecular weight excluding hydrogens is 126 g/mol. The minimum atomic E-state index is -0.201. The number of benzene rings is 1. The highest BCUT2D eigenvalue weighted by atomic mass is 16.3. The normalized spacial score (nSPS) is 8.80. The van der Waals surface area contributed by atoms with Crippen LogP contribution in [0.5, 0.6) is 5.75 Å². The van der Waals surface area contributed by atoms with E-state index in [1.807, 2.05) is 13.0 Å². The van der Waals surface area contributed by atoms with Crippen molar-refractivity contribution in [3.8, 4) is 11.8 Å². The first-order valence-corrected chi connectivity index (χ1v) is 2.92. The molecule has 0 bridgehead atoms. The molecule has 1 radical (unpaired) electrons. The summed E-state index contributed by atoms with van der Waals surface area (Å²) in [6.07, 6.45) is 0. The molecule has 0 fully saturated rings. The maximum atomic E-state index is 10.8. The molecule has 1 aromatic carbocycles. The summed E-state index contributed by atoms with van der Waals surface area (Å²) in [7, 11) is 0. The van der Waals surface area contributed by atoms with Crippen LogP contribution in [0.1, 0.15) is 11.1 Å². The van der Waals surface area contributed by atoms with Crippen molar-refractivity contribution >= 4 is 0 Å². The van der Waals surface area contributed by atoms with Gasteiger partial charge in [-0.15, -0.1) is 0 Å². The van der Waals surface area contributed by atoms with E-state index in [4.69, 9.17) is 5.26 Å². The first-order valence-electron chi connectivity index (χ1n) is 2.92. The molecule has 0 amide bonds. The van der Waals surface area contributed by atoms with Gasteiger partial charge in [0.25, 0.3) is 0 Å². The van der Waals surface area contributed by atoms with Crippen LogP contribution < -0.4 is 0 Å². The van der Waals surface area contributed by atoms with Crippen molar-refractivity contribution in [2.75, 3.05) is 0 Å². The summed E-state index contributed by atoms with van der Waals surface area (Å²) in [5.74, 6) is -0.201. The maximum Gasteiger partial charge on any atom is 0.196 e. The summed E-state index contributed by atoms with van der Waals surface area (Å²) < 4.78 is 0. The molecule has 0 saturated heterocycles. The molecule has 0 aliphatic rings. The second-order valence-corrected chi connectivity index (χ2v) is 2.11. The van der Waals surface area contributed by atoms with E-state index in [0.717, 1.165) is 5.56 Å². The smallest absolute Gasteiger partial charge is 0.196 e. The lowest BCUT2D eigenvalue weighted by Gasteiger charge is -1.92. The Hall–Kier alpha value is -1.49. The summed E-state index contributed by atoms with van der Waals surface area (Å²) in [4.78, 5) is 0. The zero-order valence-electron chi connectivity index (χ0n) is 5.59. The quantitative estimate of drug-likeness (QED) is 0.532. The molecule has 2 nitrogen and oxygen atoms in total. The molecule has 0 unspecified atom stereocenters. The first-order chi connectivity index (χ1) is 4.74. The van der Waals surface area contributed by atoms with Crippen LogP contribution in [0.2, 0.25) is 0 Å². The SMILES string of the molecule is Cc1ccc([O])c(C#N)c1. The van der Waals surface area contributed by atoms with Gasteiger partial charge in [0, 0.05) is 0 Å².